The minimum absolute atomic E-state index is 0.850. The molecule has 0 aliphatic carbocycles. The molecule has 0 saturated heterocycles. The van der Waals surface area contributed by atoms with Crippen LogP contribution in [-0.2, 0) is 0 Å². The summed E-state index contributed by atoms with van der Waals surface area (Å²) in [6, 6.07) is 5.83. The van der Waals surface area contributed by atoms with Gasteiger partial charge in [0, 0.05) is 0 Å². The van der Waals surface area contributed by atoms with Crippen molar-refractivity contribution in [2.75, 3.05) is 11.1 Å². The zero-order valence-electron chi connectivity index (χ0n) is 4.31. The lowest BCUT2D eigenvalue weighted by molar-refractivity contribution is 1.81. The van der Waals surface area contributed by atoms with Crippen LogP contribution in [0.2, 0.25) is 0 Å². The highest BCUT2D eigenvalue weighted by atomic mass is 15.1. The number of nitrogen functional groups attached to an aromatic ring is 1. The minimum Gasteiger partial charge on any atom is -0.397 e. The Morgan fingerprint density at radius 3 is 2.88 bits per heavy atom. The van der Waals surface area contributed by atoms with Gasteiger partial charge in [-0.15, -0.1) is 0 Å². The van der Waals surface area contributed by atoms with E-state index in [2.05, 4.69) is 5.32 Å². The number of benzene rings is 1. The van der Waals surface area contributed by atoms with Crippen LogP contribution in [0.3, 0.4) is 0 Å². The molecule has 40 valence electrons. The molecule has 0 aromatic heterocycles. The number of anilines is 3. The van der Waals surface area contributed by atoms with E-state index in [0.29, 0.717) is 0 Å². The van der Waals surface area contributed by atoms with Crippen molar-refractivity contribution in [3.63, 3.8) is 0 Å². The second-order valence-electron chi connectivity index (χ2n) is 1.89. The molecule has 2 heteroatoms. The van der Waals surface area contributed by atoms with Gasteiger partial charge in [-0.3, -0.25) is 0 Å². The fourth-order valence-electron chi connectivity index (χ4n) is 0.787. The normalized spacial score (nSPS) is 12.0. The molecule has 3 N–H and O–H groups in total. The largest absolute Gasteiger partial charge is 0.397 e. The van der Waals surface area contributed by atoms with Crippen molar-refractivity contribution in [1.82, 2.24) is 0 Å². The maximum atomic E-state index is 5.51. The lowest BCUT2D eigenvalue weighted by Crippen LogP contribution is -1.78. The third-order valence-corrected chi connectivity index (χ3v) is 1.29. The Bertz CT molecular complexity index is 230. The summed E-state index contributed by atoms with van der Waals surface area (Å²) in [5.74, 6) is 0. The third kappa shape index (κ3) is 0.320. The molecule has 2 nitrogen and oxygen atoms in total. The highest BCUT2D eigenvalue weighted by Gasteiger charge is 2.16. The van der Waals surface area contributed by atoms with Crippen molar-refractivity contribution in [2.24, 2.45) is 0 Å². The van der Waals surface area contributed by atoms with Crippen LogP contribution in [0.1, 0.15) is 0 Å². The Kier molecular flexibility index (Phi) is 0.457. The summed E-state index contributed by atoms with van der Waals surface area (Å²) in [5, 5.41) is 3.03. The number of rotatable bonds is 0. The Morgan fingerprint density at radius 2 is 2.25 bits per heavy atom. The molecule has 0 atom stereocenters. The van der Waals surface area contributed by atoms with Crippen molar-refractivity contribution in [3.05, 3.63) is 18.2 Å². The second kappa shape index (κ2) is 0.968. The fourth-order valence-corrected chi connectivity index (χ4v) is 0.787. The highest BCUT2D eigenvalue weighted by molar-refractivity contribution is 5.98. The zero-order valence-corrected chi connectivity index (χ0v) is 4.31. The molecule has 8 heavy (non-hydrogen) atoms. The molecule has 1 aliphatic rings. The van der Waals surface area contributed by atoms with Crippen LogP contribution in [-0.4, -0.2) is 0 Å². The van der Waals surface area contributed by atoms with Crippen LogP contribution in [0.25, 0.3) is 0 Å². The van der Waals surface area contributed by atoms with E-state index in [1.165, 1.54) is 5.69 Å². The first-order valence-electron chi connectivity index (χ1n) is 2.53. The smallest absolute Gasteiger partial charge is 0.0857 e. The van der Waals surface area contributed by atoms with E-state index in [0.717, 1.165) is 11.4 Å². The predicted octanol–water partition coefficient (Wildman–Crippen LogP) is 1.33. The molecule has 0 bridgehead atoms. The van der Waals surface area contributed by atoms with Crippen molar-refractivity contribution >= 4 is 17.1 Å². The maximum Gasteiger partial charge on any atom is 0.0857 e. The molecule has 1 aromatic rings. The minimum atomic E-state index is 0.850. The number of para-hydroxylation sites is 1. The molecular formula is C6H6N2. The molecule has 0 saturated carbocycles. The van der Waals surface area contributed by atoms with Crippen LogP contribution in [0, 0.1) is 0 Å². The first-order chi connectivity index (χ1) is 3.88. The van der Waals surface area contributed by atoms with E-state index in [-0.39, 0.29) is 0 Å². The first-order valence-corrected chi connectivity index (χ1v) is 2.53. The van der Waals surface area contributed by atoms with Crippen LogP contribution < -0.4 is 11.1 Å². The lowest BCUT2D eigenvalue weighted by Gasteiger charge is -1.81. The van der Waals surface area contributed by atoms with Gasteiger partial charge in [-0.05, 0) is 12.1 Å². The molecule has 1 aromatic carbocycles. The van der Waals surface area contributed by atoms with Crippen molar-refractivity contribution in [2.45, 2.75) is 0 Å². The van der Waals surface area contributed by atoms with Gasteiger partial charge in [0.05, 0.1) is 17.1 Å². The predicted molar refractivity (Wildman–Crippen MR) is 34.1 cm³/mol. The van der Waals surface area contributed by atoms with Crippen LogP contribution in [0.15, 0.2) is 18.2 Å². The number of nitrogens with two attached hydrogens (primary N) is 1. The lowest BCUT2D eigenvalue weighted by atomic mass is 10.3. The summed E-state index contributed by atoms with van der Waals surface area (Å²) < 4.78 is 0. The SMILES string of the molecule is Nc1cccc2c1N2. The number of hydrogen-bond acceptors (Lipinski definition) is 2. The fraction of sp³-hybridized carbons (Fsp3) is 0. The van der Waals surface area contributed by atoms with Crippen molar-refractivity contribution in [3.8, 4) is 0 Å². The number of hydrogen-bond donors (Lipinski definition) is 2. The van der Waals surface area contributed by atoms with Gasteiger partial charge in [0.1, 0.15) is 0 Å². The average molecular weight is 106 g/mol. The van der Waals surface area contributed by atoms with Gasteiger partial charge in [0.2, 0.25) is 0 Å². The zero-order chi connectivity index (χ0) is 5.56. The second-order valence-corrected chi connectivity index (χ2v) is 1.89. The molecule has 1 aliphatic heterocycles. The standard InChI is InChI=1S/C6H6N2/c7-4-2-1-3-5-6(4)8-5/h1-3,8H,7H2. The van der Waals surface area contributed by atoms with E-state index in [1.807, 2.05) is 18.2 Å². The molecule has 0 fully saturated rings. The van der Waals surface area contributed by atoms with Crippen LogP contribution in [0.4, 0.5) is 17.1 Å². The van der Waals surface area contributed by atoms with Crippen molar-refractivity contribution < 1.29 is 0 Å². The van der Waals surface area contributed by atoms with Crippen LogP contribution >= 0.6 is 0 Å². The molecule has 1 heterocycles. The quantitative estimate of drug-likeness (QED) is 0.393. The molecule has 0 radical (unpaired) electrons. The van der Waals surface area contributed by atoms with E-state index in [4.69, 9.17) is 5.73 Å². The molecule has 0 spiro atoms. The molecule has 0 unspecified atom stereocenters. The van der Waals surface area contributed by atoms with E-state index in [1.54, 1.807) is 0 Å². The molecule has 2 rings (SSSR count). The Balaban J connectivity index is 2.70. The van der Waals surface area contributed by atoms with Gasteiger partial charge < -0.3 is 11.1 Å². The van der Waals surface area contributed by atoms with E-state index < -0.39 is 0 Å². The monoisotopic (exact) mass is 106 g/mol. The van der Waals surface area contributed by atoms with E-state index >= 15 is 0 Å². The number of nitrogens with one attached hydrogen (secondary N) is 1. The summed E-state index contributed by atoms with van der Waals surface area (Å²) in [7, 11) is 0. The Morgan fingerprint density at radius 1 is 1.38 bits per heavy atom. The van der Waals surface area contributed by atoms with Gasteiger partial charge in [-0.25, -0.2) is 0 Å². The topological polar surface area (TPSA) is 48.0 Å². The average Bonchev–Trinajstić information content (AvgIpc) is 2.45. The van der Waals surface area contributed by atoms with Crippen LogP contribution in [0.5, 0.6) is 0 Å². The van der Waals surface area contributed by atoms with Crippen molar-refractivity contribution in [1.29, 1.82) is 0 Å². The Hall–Kier alpha value is -1.18. The van der Waals surface area contributed by atoms with Gasteiger partial charge in [0.15, 0.2) is 0 Å². The summed E-state index contributed by atoms with van der Waals surface area (Å²) in [5.41, 5.74) is 8.63. The third-order valence-electron chi connectivity index (χ3n) is 1.29. The molecular weight excluding hydrogens is 100 g/mol. The first kappa shape index (κ1) is 3.78. The Labute approximate surface area is 47.3 Å². The van der Waals surface area contributed by atoms with E-state index in [9.17, 15) is 0 Å². The highest BCUT2D eigenvalue weighted by Crippen LogP contribution is 2.42. The van der Waals surface area contributed by atoms with Gasteiger partial charge in [-0.1, -0.05) is 6.07 Å². The summed E-state index contributed by atoms with van der Waals surface area (Å²) >= 11 is 0. The number of fused-ring (bicyclic) bond motifs is 1. The summed E-state index contributed by atoms with van der Waals surface area (Å²) in [6.45, 7) is 0. The summed E-state index contributed by atoms with van der Waals surface area (Å²) in [4.78, 5) is 0. The maximum absolute atomic E-state index is 5.51. The van der Waals surface area contributed by atoms with Gasteiger partial charge in [0.25, 0.3) is 0 Å². The summed E-state index contributed by atoms with van der Waals surface area (Å²) in [6.07, 6.45) is 0. The molecule has 0 amide bonds. The van der Waals surface area contributed by atoms with Gasteiger partial charge >= 0.3 is 0 Å². The van der Waals surface area contributed by atoms with Gasteiger partial charge in [-0.2, -0.15) is 0 Å².